The second-order valence-corrected chi connectivity index (χ2v) is 7.02. The van der Waals surface area contributed by atoms with Gasteiger partial charge in [0.2, 0.25) is 11.8 Å². The van der Waals surface area contributed by atoms with E-state index in [1.165, 1.54) is 11.8 Å². The topological polar surface area (TPSA) is 63.7 Å². The number of fused-ring (bicyclic) bond motifs is 2. The summed E-state index contributed by atoms with van der Waals surface area (Å²) >= 11 is 0. The van der Waals surface area contributed by atoms with Gasteiger partial charge >= 0.3 is 5.97 Å². The highest BCUT2D eigenvalue weighted by Crippen LogP contribution is 2.58. The molecule has 142 valence electrons. The number of anilines is 1. The number of imide groups is 1. The molecule has 5 heteroatoms. The van der Waals surface area contributed by atoms with E-state index in [1.807, 2.05) is 42.5 Å². The van der Waals surface area contributed by atoms with Gasteiger partial charge < -0.3 is 4.74 Å². The number of rotatable bonds is 3. The van der Waals surface area contributed by atoms with Gasteiger partial charge in [-0.2, -0.15) is 0 Å². The molecule has 5 nitrogen and oxygen atoms in total. The molecule has 0 saturated carbocycles. The van der Waals surface area contributed by atoms with Crippen molar-refractivity contribution in [3.8, 4) is 0 Å². The SMILES string of the molecule is CCOC(=O)C1=CC[C@H](c2ccccc2)[C@@]12C(=O)N(C(C)=O)c1ccccc12. The maximum Gasteiger partial charge on any atom is 0.335 e. The van der Waals surface area contributed by atoms with Crippen molar-refractivity contribution in [3.05, 3.63) is 77.4 Å². The smallest absolute Gasteiger partial charge is 0.335 e. The summed E-state index contributed by atoms with van der Waals surface area (Å²) in [6.07, 6.45) is 2.32. The van der Waals surface area contributed by atoms with Gasteiger partial charge in [-0.25, -0.2) is 9.69 Å². The van der Waals surface area contributed by atoms with E-state index >= 15 is 0 Å². The molecule has 0 fully saturated rings. The van der Waals surface area contributed by atoms with E-state index in [1.54, 1.807) is 25.1 Å². The largest absolute Gasteiger partial charge is 0.463 e. The zero-order valence-electron chi connectivity index (χ0n) is 15.8. The molecule has 0 aromatic heterocycles. The van der Waals surface area contributed by atoms with Gasteiger partial charge in [0.1, 0.15) is 5.41 Å². The fourth-order valence-electron chi connectivity index (χ4n) is 4.60. The lowest BCUT2D eigenvalue weighted by Crippen LogP contribution is -2.47. The van der Waals surface area contributed by atoms with Gasteiger partial charge in [0.25, 0.3) is 0 Å². The van der Waals surface area contributed by atoms with Crippen LogP contribution >= 0.6 is 0 Å². The van der Waals surface area contributed by atoms with Gasteiger partial charge in [0.15, 0.2) is 0 Å². The van der Waals surface area contributed by atoms with Gasteiger partial charge in [-0.05, 0) is 30.5 Å². The number of carbonyl (C=O) groups excluding carboxylic acids is 3. The monoisotopic (exact) mass is 375 g/mol. The van der Waals surface area contributed by atoms with Crippen LogP contribution in [0.5, 0.6) is 0 Å². The predicted octanol–water partition coefficient (Wildman–Crippen LogP) is 3.49. The second kappa shape index (κ2) is 6.75. The summed E-state index contributed by atoms with van der Waals surface area (Å²) in [5, 5.41) is 0. The molecule has 0 saturated heterocycles. The molecule has 2 aliphatic rings. The van der Waals surface area contributed by atoms with E-state index in [0.29, 0.717) is 23.2 Å². The van der Waals surface area contributed by atoms with Crippen LogP contribution in [0.1, 0.15) is 37.3 Å². The van der Waals surface area contributed by atoms with Crippen molar-refractivity contribution in [2.24, 2.45) is 0 Å². The third-order valence-corrected chi connectivity index (χ3v) is 5.63. The van der Waals surface area contributed by atoms with Crippen LogP contribution in [-0.2, 0) is 24.5 Å². The van der Waals surface area contributed by atoms with Gasteiger partial charge in [-0.1, -0.05) is 54.6 Å². The molecule has 1 heterocycles. The molecule has 0 bridgehead atoms. The van der Waals surface area contributed by atoms with Gasteiger partial charge in [0, 0.05) is 12.8 Å². The predicted molar refractivity (Wildman–Crippen MR) is 105 cm³/mol. The van der Waals surface area contributed by atoms with Crippen LogP contribution < -0.4 is 4.90 Å². The summed E-state index contributed by atoms with van der Waals surface area (Å²) in [5.74, 6) is -1.54. The third kappa shape index (κ3) is 2.35. The summed E-state index contributed by atoms with van der Waals surface area (Å²) in [7, 11) is 0. The van der Waals surface area contributed by atoms with Crippen molar-refractivity contribution in [3.63, 3.8) is 0 Å². The number of ether oxygens (including phenoxy) is 1. The molecule has 1 aliphatic heterocycles. The molecule has 2 aromatic rings. The standard InChI is InChI=1S/C23H21NO4/c1-3-28-21(26)19-14-13-17(16-9-5-4-6-10-16)23(19)18-11-7-8-12-20(18)24(15(2)25)22(23)27/h4-12,14,17H,3,13H2,1-2H3/t17-,23+/m1/s1. The van der Waals surface area contributed by atoms with E-state index < -0.39 is 11.4 Å². The van der Waals surface area contributed by atoms with Crippen LogP contribution in [0.25, 0.3) is 0 Å². The highest BCUT2D eigenvalue weighted by molar-refractivity contribution is 6.26. The van der Waals surface area contributed by atoms with Crippen molar-refractivity contribution in [2.45, 2.75) is 31.6 Å². The Balaban J connectivity index is 1.99. The lowest BCUT2D eigenvalue weighted by molar-refractivity contribution is -0.141. The van der Waals surface area contributed by atoms with Crippen molar-refractivity contribution < 1.29 is 19.1 Å². The second-order valence-electron chi connectivity index (χ2n) is 7.02. The Labute approximate surface area is 163 Å². The van der Waals surface area contributed by atoms with Crippen LogP contribution in [0.15, 0.2) is 66.2 Å². The number of allylic oxidation sites excluding steroid dienone is 1. The highest BCUT2D eigenvalue weighted by atomic mass is 16.5. The minimum absolute atomic E-state index is 0.217. The van der Waals surface area contributed by atoms with E-state index in [9.17, 15) is 14.4 Å². The van der Waals surface area contributed by atoms with E-state index in [2.05, 4.69) is 0 Å². The number of esters is 1. The van der Waals surface area contributed by atoms with Crippen molar-refractivity contribution in [1.29, 1.82) is 0 Å². The van der Waals surface area contributed by atoms with E-state index in [-0.39, 0.29) is 24.3 Å². The first-order chi connectivity index (χ1) is 13.5. The summed E-state index contributed by atoms with van der Waals surface area (Å²) in [4.78, 5) is 40.2. The summed E-state index contributed by atoms with van der Waals surface area (Å²) < 4.78 is 5.29. The van der Waals surface area contributed by atoms with Crippen LogP contribution in [0, 0.1) is 0 Å². The van der Waals surface area contributed by atoms with Crippen molar-refractivity contribution >= 4 is 23.5 Å². The zero-order valence-corrected chi connectivity index (χ0v) is 15.8. The summed E-state index contributed by atoms with van der Waals surface area (Å²) in [5.41, 5.74) is 1.24. The Hall–Kier alpha value is -3.21. The molecule has 1 spiro atoms. The number of hydrogen-bond donors (Lipinski definition) is 0. The highest BCUT2D eigenvalue weighted by Gasteiger charge is 2.62. The Morgan fingerprint density at radius 3 is 2.46 bits per heavy atom. The maximum absolute atomic E-state index is 13.8. The number of hydrogen-bond acceptors (Lipinski definition) is 4. The van der Waals surface area contributed by atoms with E-state index in [4.69, 9.17) is 4.74 Å². The van der Waals surface area contributed by atoms with Crippen LogP contribution in [0.3, 0.4) is 0 Å². The minimum atomic E-state index is -1.25. The number of amides is 2. The molecular formula is C23H21NO4. The van der Waals surface area contributed by atoms with Gasteiger partial charge in [-0.3, -0.25) is 9.59 Å². The minimum Gasteiger partial charge on any atom is -0.463 e. The van der Waals surface area contributed by atoms with E-state index in [0.717, 1.165) is 5.56 Å². The summed E-state index contributed by atoms with van der Waals surface area (Å²) in [6, 6.07) is 16.9. The zero-order chi connectivity index (χ0) is 19.9. The number of benzene rings is 2. The fraction of sp³-hybridized carbons (Fsp3) is 0.261. The maximum atomic E-state index is 13.8. The molecule has 28 heavy (non-hydrogen) atoms. The normalized spacial score (nSPS) is 22.9. The molecule has 0 unspecified atom stereocenters. The molecule has 2 amide bonds. The van der Waals surface area contributed by atoms with Gasteiger partial charge in [-0.15, -0.1) is 0 Å². The molecule has 4 rings (SSSR count). The molecule has 0 radical (unpaired) electrons. The number of carbonyl (C=O) groups is 3. The van der Waals surface area contributed by atoms with Crippen LogP contribution in [-0.4, -0.2) is 24.4 Å². The Morgan fingerprint density at radius 2 is 1.79 bits per heavy atom. The summed E-state index contributed by atoms with van der Waals surface area (Å²) in [6.45, 7) is 3.32. The molecule has 2 atom stereocenters. The Kier molecular flexibility index (Phi) is 4.38. The first-order valence-corrected chi connectivity index (χ1v) is 9.40. The van der Waals surface area contributed by atoms with Crippen molar-refractivity contribution in [1.82, 2.24) is 0 Å². The number of para-hydroxylation sites is 1. The molecule has 0 N–H and O–H groups in total. The van der Waals surface area contributed by atoms with Gasteiger partial charge in [0.05, 0.1) is 17.9 Å². The van der Waals surface area contributed by atoms with Crippen LogP contribution in [0.2, 0.25) is 0 Å². The molecule has 2 aromatic carbocycles. The molecule has 1 aliphatic carbocycles. The quantitative estimate of drug-likeness (QED) is 0.771. The average Bonchev–Trinajstić information content (AvgIpc) is 3.21. The first kappa shape index (κ1) is 18.2. The molecular weight excluding hydrogens is 354 g/mol. The Bertz CT molecular complexity index is 995. The first-order valence-electron chi connectivity index (χ1n) is 9.40. The number of nitrogens with zero attached hydrogens (tertiary/aromatic N) is 1. The lowest BCUT2D eigenvalue weighted by Gasteiger charge is -2.33. The average molecular weight is 375 g/mol. The Morgan fingerprint density at radius 1 is 1.11 bits per heavy atom. The van der Waals surface area contributed by atoms with Crippen LogP contribution in [0.4, 0.5) is 5.69 Å². The lowest BCUT2D eigenvalue weighted by atomic mass is 9.67. The fourth-order valence-corrected chi connectivity index (χ4v) is 4.60. The van der Waals surface area contributed by atoms with Crippen molar-refractivity contribution in [2.75, 3.05) is 11.5 Å². The third-order valence-electron chi connectivity index (χ3n) is 5.63.